The number of rotatable bonds is 2. The quantitative estimate of drug-likeness (QED) is 0.672. The Morgan fingerprint density at radius 3 is 1.73 bits per heavy atom. The van der Waals surface area contributed by atoms with Gasteiger partial charge in [-0.15, -0.1) is 0 Å². The second-order valence-electron chi connectivity index (χ2n) is 5.75. The van der Waals surface area contributed by atoms with Gasteiger partial charge in [-0.1, -0.05) is 78.9 Å². The second-order valence-corrected chi connectivity index (χ2v) is 5.75. The molecule has 0 aromatic heterocycles. The molecule has 0 fully saturated rings. The Balaban J connectivity index is 1.87. The molecule has 1 nitrogen and oxygen atoms in total. The predicted molar refractivity (Wildman–Crippen MR) is 88.3 cm³/mol. The van der Waals surface area contributed by atoms with Gasteiger partial charge in [-0.25, -0.2) is 0 Å². The Kier molecular flexibility index (Phi) is 3.12. The van der Waals surface area contributed by atoms with E-state index >= 15 is 0 Å². The SMILES string of the molecule is O=C1c2ccccc2C(Cc2ccccc2)c2ccccc21. The smallest absolute Gasteiger partial charge is 0.193 e. The van der Waals surface area contributed by atoms with Gasteiger partial charge in [0, 0.05) is 17.0 Å². The van der Waals surface area contributed by atoms with Crippen LogP contribution in [0.3, 0.4) is 0 Å². The number of carbonyl (C=O) groups is 1. The molecule has 0 spiro atoms. The minimum atomic E-state index is 0.149. The van der Waals surface area contributed by atoms with E-state index in [0.29, 0.717) is 0 Å². The van der Waals surface area contributed by atoms with Crippen molar-refractivity contribution in [3.63, 3.8) is 0 Å². The summed E-state index contributed by atoms with van der Waals surface area (Å²) in [6.07, 6.45) is 0.919. The van der Waals surface area contributed by atoms with Crippen LogP contribution in [0.2, 0.25) is 0 Å². The van der Waals surface area contributed by atoms with Gasteiger partial charge in [0.1, 0.15) is 0 Å². The maximum Gasteiger partial charge on any atom is 0.193 e. The molecule has 3 aromatic carbocycles. The summed E-state index contributed by atoms with van der Waals surface area (Å²) in [5.74, 6) is 0.392. The first-order valence-electron chi connectivity index (χ1n) is 7.61. The first-order valence-corrected chi connectivity index (χ1v) is 7.61. The lowest BCUT2D eigenvalue weighted by atomic mass is 9.75. The van der Waals surface area contributed by atoms with Gasteiger partial charge < -0.3 is 0 Å². The molecule has 0 amide bonds. The summed E-state index contributed by atoms with van der Waals surface area (Å²) in [5.41, 5.74) is 5.29. The van der Waals surface area contributed by atoms with Gasteiger partial charge in [0.25, 0.3) is 0 Å². The van der Waals surface area contributed by atoms with Gasteiger partial charge in [-0.05, 0) is 23.1 Å². The van der Waals surface area contributed by atoms with Crippen LogP contribution in [-0.2, 0) is 6.42 Å². The number of hydrogen-bond acceptors (Lipinski definition) is 1. The van der Waals surface area contributed by atoms with Crippen molar-refractivity contribution in [3.05, 3.63) is 107 Å². The van der Waals surface area contributed by atoms with Crippen LogP contribution in [0, 0.1) is 0 Å². The maximum absolute atomic E-state index is 12.7. The van der Waals surface area contributed by atoms with E-state index in [2.05, 4.69) is 36.4 Å². The summed E-state index contributed by atoms with van der Waals surface area (Å²) in [5, 5.41) is 0. The summed E-state index contributed by atoms with van der Waals surface area (Å²) in [6, 6.07) is 26.5. The summed E-state index contributed by atoms with van der Waals surface area (Å²) in [6.45, 7) is 0. The zero-order chi connectivity index (χ0) is 14.9. The zero-order valence-corrected chi connectivity index (χ0v) is 12.2. The summed E-state index contributed by atoms with van der Waals surface area (Å²) >= 11 is 0. The average molecular weight is 284 g/mol. The van der Waals surface area contributed by atoms with E-state index in [0.717, 1.165) is 28.7 Å². The number of carbonyl (C=O) groups excluding carboxylic acids is 1. The van der Waals surface area contributed by atoms with E-state index in [1.54, 1.807) is 0 Å². The van der Waals surface area contributed by atoms with Crippen molar-refractivity contribution >= 4 is 5.78 Å². The van der Waals surface area contributed by atoms with Gasteiger partial charge in [0.2, 0.25) is 0 Å². The third-order valence-corrected chi connectivity index (χ3v) is 4.44. The highest BCUT2D eigenvalue weighted by Crippen LogP contribution is 2.38. The average Bonchev–Trinajstić information content (AvgIpc) is 2.59. The Hall–Kier alpha value is -2.67. The first kappa shape index (κ1) is 13.0. The van der Waals surface area contributed by atoms with Crippen LogP contribution < -0.4 is 0 Å². The van der Waals surface area contributed by atoms with Crippen molar-refractivity contribution < 1.29 is 4.79 Å². The molecule has 3 aromatic rings. The third kappa shape index (κ3) is 2.06. The van der Waals surface area contributed by atoms with Gasteiger partial charge >= 0.3 is 0 Å². The fourth-order valence-electron chi connectivity index (χ4n) is 3.40. The minimum Gasteiger partial charge on any atom is -0.289 e. The third-order valence-electron chi connectivity index (χ3n) is 4.44. The Bertz CT molecular complexity index is 784. The van der Waals surface area contributed by atoms with E-state index in [1.165, 1.54) is 5.56 Å². The van der Waals surface area contributed by atoms with Crippen molar-refractivity contribution in [2.75, 3.05) is 0 Å². The van der Waals surface area contributed by atoms with Gasteiger partial charge in [0.15, 0.2) is 5.78 Å². The topological polar surface area (TPSA) is 17.1 Å². The number of fused-ring (bicyclic) bond motifs is 2. The van der Waals surface area contributed by atoms with Crippen LogP contribution in [0.4, 0.5) is 0 Å². The zero-order valence-electron chi connectivity index (χ0n) is 12.2. The highest BCUT2D eigenvalue weighted by atomic mass is 16.1. The van der Waals surface area contributed by atoms with E-state index in [1.807, 2.05) is 42.5 Å². The van der Waals surface area contributed by atoms with Gasteiger partial charge in [-0.2, -0.15) is 0 Å². The molecule has 1 heteroatoms. The lowest BCUT2D eigenvalue weighted by molar-refractivity contribution is 0.103. The first-order chi connectivity index (χ1) is 10.8. The molecule has 0 atom stereocenters. The molecule has 22 heavy (non-hydrogen) atoms. The molecule has 0 saturated carbocycles. The molecule has 0 bridgehead atoms. The molecule has 1 aliphatic rings. The fourth-order valence-corrected chi connectivity index (χ4v) is 3.40. The Morgan fingerprint density at radius 2 is 1.14 bits per heavy atom. The van der Waals surface area contributed by atoms with E-state index in [-0.39, 0.29) is 11.7 Å². The van der Waals surface area contributed by atoms with Crippen molar-refractivity contribution in [2.24, 2.45) is 0 Å². The molecule has 0 heterocycles. The molecular weight excluding hydrogens is 268 g/mol. The molecule has 0 unspecified atom stereocenters. The number of ketones is 1. The minimum absolute atomic E-state index is 0.149. The van der Waals surface area contributed by atoms with Crippen LogP contribution >= 0.6 is 0 Å². The Labute approximate surface area is 130 Å². The van der Waals surface area contributed by atoms with Crippen molar-refractivity contribution in [3.8, 4) is 0 Å². The van der Waals surface area contributed by atoms with Crippen molar-refractivity contribution in [1.82, 2.24) is 0 Å². The predicted octanol–water partition coefficient (Wildman–Crippen LogP) is 4.61. The number of benzene rings is 3. The lowest BCUT2D eigenvalue weighted by Crippen LogP contribution is -2.20. The van der Waals surface area contributed by atoms with Gasteiger partial charge in [-0.3, -0.25) is 4.79 Å². The van der Waals surface area contributed by atoms with Crippen LogP contribution in [0.25, 0.3) is 0 Å². The lowest BCUT2D eigenvalue weighted by Gasteiger charge is -2.27. The molecule has 0 saturated heterocycles. The van der Waals surface area contributed by atoms with Gasteiger partial charge in [0.05, 0.1) is 0 Å². The van der Waals surface area contributed by atoms with Crippen LogP contribution in [-0.4, -0.2) is 5.78 Å². The molecule has 0 N–H and O–H groups in total. The molecule has 4 rings (SSSR count). The monoisotopic (exact) mass is 284 g/mol. The summed E-state index contributed by atoms with van der Waals surface area (Å²) in [4.78, 5) is 12.7. The fraction of sp³-hybridized carbons (Fsp3) is 0.0952. The highest BCUT2D eigenvalue weighted by molar-refractivity contribution is 6.12. The van der Waals surface area contributed by atoms with Crippen LogP contribution in [0.1, 0.15) is 38.5 Å². The van der Waals surface area contributed by atoms with Crippen molar-refractivity contribution in [1.29, 1.82) is 0 Å². The Morgan fingerprint density at radius 1 is 0.636 bits per heavy atom. The molecule has 106 valence electrons. The normalized spacial score (nSPS) is 13.5. The van der Waals surface area contributed by atoms with E-state index in [9.17, 15) is 4.79 Å². The molecular formula is C21H16O. The molecule has 1 aliphatic carbocycles. The molecule has 0 radical (unpaired) electrons. The number of hydrogen-bond donors (Lipinski definition) is 0. The van der Waals surface area contributed by atoms with E-state index < -0.39 is 0 Å². The standard InChI is InChI=1S/C21H16O/c22-21-18-12-6-4-10-16(18)20(14-15-8-2-1-3-9-15)17-11-5-7-13-19(17)21/h1-13,20H,14H2. The maximum atomic E-state index is 12.7. The van der Waals surface area contributed by atoms with Crippen molar-refractivity contribution in [2.45, 2.75) is 12.3 Å². The largest absolute Gasteiger partial charge is 0.289 e. The van der Waals surface area contributed by atoms with Crippen LogP contribution in [0.5, 0.6) is 0 Å². The molecule has 0 aliphatic heterocycles. The second kappa shape index (κ2) is 5.27. The highest BCUT2D eigenvalue weighted by Gasteiger charge is 2.30. The summed E-state index contributed by atoms with van der Waals surface area (Å²) < 4.78 is 0. The van der Waals surface area contributed by atoms with E-state index in [4.69, 9.17) is 0 Å². The van der Waals surface area contributed by atoms with Crippen LogP contribution in [0.15, 0.2) is 78.9 Å². The summed E-state index contributed by atoms with van der Waals surface area (Å²) in [7, 11) is 0.